The van der Waals surface area contributed by atoms with Crippen molar-refractivity contribution in [2.24, 2.45) is 5.41 Å². The van der Waals surface area contributed by atoms with Crippen LogP contribution in [-0.4, -0.2) is 40.6 Å². The molecular weight excluding hydrogens is 333 g/mol. The average Bonchev–Trinajstić information content (AvgIpc) is 3.23. The lowest BCUT2D eigenvalue weighted by Gasteiger charge is -2.49. The molecule has 3 heterocycles. The third-order valence-corrected chi connectivity index (χ3v) is 6.55. The molecule has 2 saturated heterocycles. The van der Waals surface area contributed by atoms with Gasteiger partial charge in [-0.1, -0.05) is 24.2 Å². The van der Waals surface area contributed by atoms with Gasteiger partial charge < -0.3 is 14.7 Å². The van der Waals surface area contributed by atoms with Gasteiger partial charge in [0.1, 0.15) is 11.5 Å². The maximum Gasteiger partial charge on any atom is 0.292 e. The van der Waals surface area contributed by atoms with E-state index in [-0.39, 0.29) is 28.9 Å². The third-order valence-electron chi connectivity index (χ3n) is 6.55. The largest absolute Gasteiger partial charge is 0.350 e. The number of amides is 1. The Morgan fingerprint density at radius 3 is 3.12 bits per heavy atom. The Kier molecular flexibility index (Phi) is 3.47. The van der Waals surface area contributed by atoms with E-state index in [1.165, 1.54) is 18.6 Å². The zero-order chi connectivity index (χ0) is 17.9. The standard InChI is InChI=1S/C20H22FN3O2/c1-20-10-14-11-24(18(20)7-3-6-17(20)22-14)19(25)16-9-15(23-26-16)12-4-2-5-13(21)8-12/h2,4-5,8-9,14,17-18,22H,3,6-7,10-11H2,1H3/t14-,17-,18+,20-/m0/s1. The molecule has 2 aromatic rings. The predicted molar refractivity (Wildman–Crippen MR) is 94.0 cm³/mol. The second kappa shape index (κ2) is 5.64. The molecule has 3 aliphatic rings. The molecule has 3 fully saturated rings. The van der Waals surface area contributed by atoms with Gasteiger partial charge in [-0.15, -0.1) is 0 Å². The van der Waals surface area contributed by atoms with Gasteiger partial charge in [0.25, 0.3) is 5.91 Å². The van der Waals surface area contributed by atoms with Crippen LogP contribution in [0.2, 0.25) is 0 Å². The molecule has 1 aromatic carbocycles. The van der Waals surface area contributed by atoms with Gasteiger partial charge in [0.2, 0.25) is 5.76 Å². The molecular formula is C20H22FN3O2. The van der Waals surface area contributed by atoms with E-state index >= 15 is 0 Å². The minimum atomic E-state index is -0.335. The van der Waals surface area contributed by atoms with Gasteiger partial charge in [0.15, 0.2) is 0 Å². The lowest BCUT2D eigenvalue weighted by atomic mass is 9.66. The molecule has 6 heteroatoms. The van der Waals surface area contributed by atoms with Crippen LogP contribution in [0.25, 0.3) is 11.3 Å². The summed E-state index contributed by atoms with van der Waals surface area (Å²) < 4.78 is 18.8. The number of hydrogen-bond acceptors (Lipinski definition) is 4. The van der Waals surface area contributed by atoms with Crippen LogP contribution in [0.4, 0.5) is 4.39 Å². The molecule has 5 nitrogen and oxygen atoms in total. The van der Waals surface area contributed by atoms with Gasteiger partial charge in [-0.25, -0.2) is 4.39 Å². The summed E-state index contributed by atoms with van der Waals surface area (Å²) in [5.74, 6) is -0.208. The molecule has 136 valence electrons. The molecule has 0 unspecified atom stereocenters. The number of rotatable bonds is 2. The summed E-state index contributed by atoms with van der Waals surface area (Å²) >= 11 is 0. The highest BCUT2D eigenvalue weighted by Gasteiger charge is 2.57. The Hall–Kier alpha value is -2.21. The highest BCUT2D eigenvalue weighted by Crippen LogP contribution is 2.50. The molecule has 1 amide bonds. The number of nitrogens with zero attached hydrogens (tertiary/aromatic N) is 2. The molecule has 5 rings (SSSR count). The third kappa shape index (κ3) is 2.31. The van der Waals surface area contributed by atoms with Crippen molar-refractivity contribution in [1.29, 1.82) is 0 Å². The molecule has 4 atom stereocenters. The fraction of sp³-hybridized carbons (Fsp3) is 0.500. The number of hydrogen-bond donors (Lipinski definition) is 1. The van der Waals surface area contributed by atoms with E-state index in [2.05, 4.69) is 17.4 Å². The zero-order valence-corrected chi connectivity index (χ0v) is 14.7. The van der Waals surface area contributed by atoms with Gasteiger partial charge in [-0.05, 0) is 37.8 Å². The van der Waals surface area contributed by atoms with Crippen LogP contribution < -0.4 is 5.32 Å². The molecule has 1 N–H and O–H groups in total. The number of piperidine rings is 1. The van der Waals surface area contributed by atoms with Gasteiger partial charge in [0.05, 0.1) is 0 Å². The van der Waals surface area contributed by atoms with E-state index in [1.807, 2.05) is 4.90 Å². The van der Waals surface area contributed by atoms with Crippen molar-refractivity contribution in [3.63, 3.8) is 0 Å². The van der Waals surface area contributed by atoms with Gasteiger partial charge in [-0.2, -0.15) is 0 Å². The van der Waals surface area contributed by atoms with Gasteiger partial charge in [-0.3, -0.25) is 4.79 Å². The Morgan fingerprint density at radius 1 is 1.38 bits per heavy atom. The Bertz CT molecular complexity index is 866. The van der Waals surface area contributed by atoms with E-state index < -0.39 is 0 Å². The number of likely N-dealkylation sites (tertiary alicyclic amines) is 1. The number of benzene rings is 1. The summed E-state index contributed by atoms with van der Waals surface area (Å²) in [6.45, 7) is 3.03. The monoisotopic (exact) mass is 355 g/mol. The fourth-order valence-corrected chi connectivity index (χ4v) is 5.35. The van der Waals surface area contributed by atoms with Crippen LogP contribution in [-0.2, 0) is 0 Å². The first-order valence-electron chi connectivity index (χ1n) is 9.34. The van der Waals surface area contributed by atoms with Crippen molar-refractivity contribution in [2.45, 2.75) is 50.7 Å². The van der Waals surface area contributed by atoms with E-state index in [0.717, 1.165) is 19.3 Å². The Morgan fingerprint density at radius 2 is 2.27 bits per heavy atom. The Balaban J connectivity index is 1.44. The summed E-state index contributed by atoms with van der Waals surface area (Å²) in [5, 5.41) is 7.71. The van der Waals surface area contributed by atoms with E-state index in [9.17, 15) is 9.18 Å². The highest BCUT2D eigenvalue weighted by molar-refractivity contribution is 5.93. The van der Waals surface area contributed by atoms with E-state index in [1.54, 1.807) is 18.2 Å². The van der Waals surface area contributed by atoms with Crippen molar-refractivity contribution in [1.82, 2.24) is 15.4 Å². The van der Waals surface area contributed by atoms with Crippen LogP contribution in [0.15, 0.2) is 34.9 Å². The molecule has 1 saturated carbocycles. The topological polar surface area (TPSA) is 58.4 Å². The zero-order valence-electron chi connectivity index (χ0n) is 14.7. The minimum absolute atomic E-state index is 0.106. The highest BCUT2D eigenvalue weighted by atomic mass is 19.1. The van der Waals surface area contributed by atoms with Crippen molar-refractivity contribution >= 4 is 5.91 Å². The maximum absolute atomic E-state index is 13.4. The van der Waals surface area contributed by atoms with Crippen molar-refractivity contribution in [2.75, 3.05) is 6.54 Å². The lowest BCUT2D eigenvalue weighted by Crippen LogP contribution is -2.57. The SMILES string of the molecule is C[C@@]12C[C@H]3CN(C(=O)c4cc(-c5cccc(F)c5)no4)[C@@H]1CCC[C@@H]2N3. The first-order valence-corrected chi connectivity index (χ1v) is 9.34. The predicted octanol–water partition coefficient (Wildman–Crippen LogP) is 3.23. The van der Waals surface area contributed by atoms with E-state index in [0.29, 0.717) is 29.9 Å². The summed E-state index contributed by atoms with van der Waals surface area (Å²) in [5.41, 5.74) is 1.24. The van der Waals surface area contributed by atoms with Crippen LogP contribution in [0.3, 0.4) is 0 Å². The maximum atomic E-state index is 13.4. The number of carbonyl (C=O) groups excluding carboxylic acids is 1. The van der Waals surface area contributed by atoms with Gasteiger partial charge in [0, 0.05) is 41.7 Å². The smallest absolute Gasteiger partial charge is 0.292 e. The first-order chi connectivity index (χ1) is 12.5. The molecule has 2 bridgehead atoms. The lowest BCUT2D eigenvalue weighted by molar-refractivity contribution is 0.0104. The van der Waals surface area contributed by atoms with Crippen LogP contribution in [0, 0.1) is 11.2 Å². The van der Waals surface area contributed by atoms with Crippen LogP contribution in [0.1, 0.15) is 43.2 Å². The van der Waals surface area contributed by atoms with Crippen LogP contribution in [0.5, 0.6) is 0 Å². The molecule has 1 aromatic heterocycles. The number of carbonyl (C=O) groups is 1. The van der Waals surface area contributed by atoms with Crippen molar-refractivity contribution in [3.05, 3.63) is 41.9 Å². The normalized spacial score (nSPS) is 32.7. The summed E-state index contributed by atoms with van der Waals surface area (Å²) in [6, 6.07) is 8.88. The number of aromatic nitrogens is 1. The number of fused-ring (bicyclic) bond motifs is 1. The number of halogens is 1. The van der Waals surface area contributed by atoms with Crippen molar-refractivity contribution < 1.29 is 13.7 Å². The molecule has 0 radical (unpaired) electrons. The quantitative estimate of drug-likeness (QED) is 0.899. The van der Waals surface area contributed by atoms with Gasteiger partial charge >= 0.3 is 0 Å². The molecule has 26 heavy (non-hydrogen) atoms. The first kappa shape index (κ1) is 16.0. The van der Waals surface area contributed by atoms with E-state index in [4.69, 9.17) is 4.52 Å². The second-order valence-electron chi connectivity index (χ2n) is 8.12. The van der Waals surface area contributed by atoms with Crippen LogP contribution >= 0.6 is 0 Å². The molecule has 2 aliphatic heterocycles. The summed E-state index contributed by atoms with van der Waals surface area (Å²) in [6.07, 6.45) is 4.51. The average molecular weight is 355 g/mol. The molecule has 0 spiro atoms. The number of nitrogens with one attached hydrogen (secondary N) is 1. The minimum Gasteiger partial charge on any atom is -0.350 e. The van der Waals surface area contributed by atoms with Crippen molar-refractivity contribution in [3.8, 4) is 11.3 Å². The summed E-state index contributed by atoms with van der Waals surface area (Å²) in [4.78, 5) is 15.1. The Labute approximate surface area is 151 Å². The summed E-state index contributed by atoms with van der Waals surface area (Å²) in [7, 11) is 0. The fourth-order valence-electron chi connectivity index (χ4n) is 5.35. The second-order valence-corrected chi connectivity index (χ2v) is 8.12. The molecule has 1 aliphatic carbocycles.